The molecule has 2 rings (SSSR count). The van der Waals surface area contributed by atoms with Gasteiger partial charge in [-0.15, -0.1) is 24.0 Å². The first-order chi connectivity index (χ1) is 12.1. The van der Waals surface area contributed by atoms with Crippen LogP contribution in [0.1, 0.15) is 19.4 Å². The van der Waals surface area contributed by atoms with E-state index in [0.717, 1.165) is 12.1 Å². The van der Waals surface area contributed by atoms with Gasteiger partial charge in [0, 0.05) is 12.7 Å². The molecule has 142 valence electrons. The number of hydrogen-bond donors (Lipinski definition) is 2. The Hall–Kier alpha value is -1.61. The molecule has 0 aliphatic carbocycles. The van der Waals surface area contributed by atoms with E-state index in [1.807, 2.05) is 19.9 Å². The molecule has 0 spiro atoms. The van der Waals surface area contributed by atoms with Crippen LogP contribution >= 0.6 is 35.6 Å². The van der Waals surface area contributed by atoms with Crippen LogP contribution in [0.3, 0.4) is 0 Å². The minimum Gasteiger partial charge on any atom is -0.486 e. The maximum atomic E-state index is 13.6. The Balaban J connectivity index is 0.00000338. The van der Waals surface area contributed by atoms with Gasteiger partial charge in [-0.1, -0.05) is 29.8 Å². The van der Waals surface area contributed by atoms with Gasteiger partial charge in [-0.25, -0.2) is 14.4 Å². The summed E-state index contributed by atoms with van der Waals surface area (Å²) in [6, 6.07) is 9.97. The van der Waals surface area contributed by atoms with Crippen molar-refractivity contribution in [1.29, 1.82) is 0 Å². The van der Waals surface area contributed by atoms with Crippen LogP contribution in [0, 0.1) is 5.82 Å². The van der Waals surface area contributed by atoms with Gasteiger partial charge in [-0.2, -0.15) is 0 Å². The van der Waals surface area contributed by atoms with Gasteiger partial charge in [0.15, 0.2) is 17.5 Å². The topological polar surface area (TPSA) is 58.5 Å². The van der Waals surface area contributed by atoms with Crippen molar-refractivity contribution in [3.8, 4) is 5.75 Å². The van der Waals surface area contributed by atoms with E-state index < -0.39 is 0 Å². The Labute approximate surface area is 175 Å². The lowest BCUT2D eigenvalue weighted by Gasteiger charge is -2.18. The molecule has 1 unspecified atom stereocenters. The van der Waals surface area contributed by atoms with Crippen LogP contribution in [0.5, 0.6) is 5.75 Å². The van der Waals surface area contributed by atoms with E-state index in [2.05, 4.69) is 20.6 Å². The van der Waals surface area contributed by atoms with E-state index in [-0.39, 0.29) is 41.6 Å². The van der Waals surface area contributed by atoms with Crippen LogP contribution in [-0.4, -0.2) is 30.1 Å². The Morgan fingerprint density at radius 2 is 2.04 bits per heavy atom. The van der Waals surface area contributed by atoms with Crippen LogP contribution < -0.4 is 15.4 Å². The van der Waals surface area contributed by atoms with Crippen molar-refractivity contribution in [2.24, 2.45) is 4.99 Å². The molecule has 0 saturated carbocycles. The average molecular weight is 493 g/mol. The minimum atomic E-state index is -0.370. The highest BCUT2D eigenvalue weighted by molar-refractivity contribution is 14.0. The van der Waals surface area contributed by atoms with Crippen LogP contribution in [-0.2, 0) is 6.54 Å². The van der Waals surface area contributed by atoms with Crippen LogP contribution in [0.25, 0.3) is 0 Å². The second-order valence-electron chi connectivity index (χ2n) is 5.42. The smallest absolute Gasteiger partial charge is 0.191 e. The molecule has 1 heterocycles. The van der Waals surface area contributed by atoms with Gasteiger partial charge >= 0.3 is 0 Å². The average Bonchev–Trinajstić information content (AvgIpc) is 2.61. The fourth-order valence-electron chi connectivity index (χ4n) is 2.05. The third-order valence-corrected chi connectivity index (χ3v) is 3.50. The van der Waals surface area contributed by atoms with Crippen LogP contribution in [0.2, 0.25) is 5.15 Å². The lowest BCUT2D eigenvalue weighted by atomic mass is 10.3. The predicted octanol–water partition coefficient (Wildman–Crippen LogP) is 4.01. The number of rotatable bonds is 7. The van der Waals surface area contributed by atoms with Crippen molar-refractivity contribution >= 4 is 41.5 Å². The number of hydrogen-bond acceptors (Lipinski definition) is 3. The molecular formula is C18H23ClFIN4O. The van der Waals surface area contributed by atoms with Gasteiger partial charge in [0.2, 0.25) is 0 Å². The lowest BCUT2D eigenvalue weighted by Crippen LogP contribution is -2.41. The number of halogens is 3. The molecule has 2 aromatic rings. The summed E-state index contributed by atoms with van der Waals surface area (Å²) in [5, 5.41) is 6.80. The summed E-state index contributed by atoms with van der Waals surface area (Å²) in [6.45, 7) is 5.54. The van der Waals surface area contributed by atoms with Crippen LogP contribution in [0.4, 0.5) is 4.39 Å². The molecule has 26 heavy (non-hydrogen) atoms. The molecule has 1 aromatic heterocycles. The number of benzene rings is 1. The van der Waals surface area contributed by atoms with Gasteiger partial charge in [-0.3, -0.25) is 0 Å². The van der Waals surface area contributed by atoms with Gasteiger partial charge < -0.3 is 15.4 Å². The molecule has 0 amide bonds. The van der Waals surface area contributed by atoms with E-state index in [9.17, 15) is 4.39 Å². The molecule has 0 aliphatic heterocycles. The number of ether oxygens (including phenoxy) is 1. The summed E-state index contributed by atoms with van der Waals surface area (Å²) < 4.78 is 19.2. The van der Waals surface area contributed by atoms with Gasteiger partial charge in [0.25, 0.3) is 0 Å². The first-order valence-corrected chi connectivity index (χ1v) is 8.50. The molecule has 0 aliphatic rings. The summed E-state index contributed by atoms with van der Waals surface area (Å²) in [4.78, 5) is 8.52. The molecular weight excluding hydrogens is 470 g/mol. The Morgan fingerprint density at radius 1 is 1.27 bits per heavy atom. The molecule has 2 N–H and O–H groups in total. The highest BCUT2D eigenvalue weighted by atomic mass is 127. The van der Waals surface area contributed by atoms with Crippen molar-refractivity contribution in [3.05, 3.63) is 59.1 Å². The largest absolute Gasteiger partial charge is 0.486 e. The van der Waals surface area contributed by atoms with Crippen molar-refractivity contribution < 1.29 is 9.13 Å². The molecule has 1 aromatic carbocycles. The summed E-state index contributed by atoms with van der Waals surface area (Å²) in [6.07, 6.45) is 1.47. The summed E-state index contributed by atoms with van der Waals surface area (Å²) in [5.41, 5.74) is 0.956. The zero-order valence-electron chi connectivity index (χ0n) is 14.7. The number of para-hydroxylation sites is 1. The minimum absolute atomic E-state index is 0. The monoisotopic (exact) mass is 492 g/mol. The number of aliphatic imine (C=N–C) groups is 1. The van der Waals surface area contributed by atoms with Gasteiger partial charge in [0.1, 0.15) is 11.3 Å². The summed E-state index contributed by atoms with van der Waals surface area (Å²) >= 11 is 5.77. The first-order valence-electron chi connectivity index (χ1n) is 8.12. The fraction of sp³-hybridized carbons (Fsp3) is 0.333. The zero-order chi connectivity index (χ0) is 18.1. The maximum absolute atomic E-state index is 13.6. The molecule has 0 saturated heterocycles. The molecule has 5 nitrogen and oxygen atoms in total. The highest BCUT2D eigenvalue weighted by Crippen LogP contribution is 2.16. The first kappa shape index (κ1) is 22.4. The quantitative estimate of drug-likeness (QED) is 0.265. The van der Waals surface area contributed by atoms with Gasteiger partial charge in [0.05, 0.1) is 13.1 Å². The lowest BCUT2D eigenvalue weighted by molar-refractivity contribution is 0.214. The van der Waals surface area contributed by atoms with E-state index in [0.29, 0.717) is 24.2 Å². The van der Waals surface area contributed by atoms with Crippen LogP contribution in [0.15, 0.2) is 47.6 Å². The number of nitrogens with zero attached hydrogens (tertiary/aromatic N) is 2. The van der Waals surface area contributed by atoms with E-state index in [1.54, 1.807) is 30.5 Å². The SMILES string of the molecule is CCNC(=NCc1ccc(Cl)nc1)NCC(C)Oc1ccccc1F.I. The standard InChI is InChI=1S/C18H22ClFN4O.HI/c1-3-21-18(24-12-14-8-9-17(19)22-11-14)23-10-13(2)25-16-7-5-4-6-15(16)20;/h4-9,11,13H,3,10,12H2,1-2H3,(H2,21,23,24);1H. The summed E-state index contributed by atoms with van der Waals surface area (Å²) in [7, 11) is 0. The number of guanidine groups is 1. The number of nitrogens with one attached hydrogen (secondary N) is 2. The molecule has 0 radical (unpaired) electrons. The zero-order valence-corrected chi connectivity index (χ0v) is 17.8. The van der Waals surface area contributed by atoms with E-state index >= 15 is 0 Å². The third-order valence-electron chi connectivity index (χ3n) is 3.27. The summed E-state index contributed by atoms with van der Waals surface area (Å²) in [5.74, 6) is 0.526. The predicted molar refractivity (Wildman–Crippen MR) is 114 cm³/mol. The van der Waals surface area contributed by atoms with E-state index in [1.165, 1.54) is 6.07 Å². The van der Waals surface area contributed by atoms with Crippen molar-refractivity contribution in [2.45, 2.75) is 26.5 Å². The second-order valence-corrected chi connectivity index (χ2v) is 5.81. The molecule has 0 fully saturated rings. The van der Waals surface area contributed by atoms with Gasteiger partial charge in [-0.05, 0) is 37.6 Å². The van der Waals surface area contributed by atoms with E-state index in [4.69, 9.17) is 16.3 Å². The molecule has 1 atom stereocenters. The number of pyridine rings is 1. The van der Waals surface area contributed by atoms with Crippen molar-refractivity contribution in [2.75, 3.05) is 13.1 Å². The maximum Gasteiger partial charge on any atom is 0.191 e. The Bertz CT molecular complexity index is 700. The number of aromatic nitrogens is 1. The van der Waals surface area contributed by atoms with Crippen molar-refractivity contribution in [3.63, 3.8) is 0 Å². The normalized spacial score (nSPS) is 12.1. The highest BCUT2D eigenvalue weighted by Gasteiger charge is 2.08. The molecule has 8 heteroatoms. The molecule has 0 bridgehead atoms. The fourth-order valence-corrected chi connectivity index (χ4v) is 2.16. The van der Waals surface area contributed by atoms with Crippen molar-refractivity contribution in [1.82, 2.24) is 15.6 Å². The Kier molecular flexibility index (Phi) is 10.3. The third kappa shape index (κ3) is 7.74. The second kappa shape index (κ2) is 11.9. The Morgan fingerprint density at radius 3 is 2.69 bits per heavy atom.